The summed E-state index contributed by atoms with van der Waals surface area (Å²) in [5.41, 5.74) is 4.07. The van der Waals surface area contributed by atoms with E-state index in [2.05, 4.69) is 21.4 Å². The molecule has 0 saturated heterocycles. The van der Waals surface area contributed by atoms with Gasteiger partial charge in [0.05, 0.1) is 12.8 Å². The van der Waals surface area contributed by atoms with Gasteiger partial charge >= 0.3 is 0 Å². The number of nitrogens with zero attached hydrogens (tertiary/aromatic N) is 4. The van der Waals surface area contributed by atoms with Gasteiger partial charge in [-0.25, -0.2) is 0 Å². The lowest BCUT2D eigenvalue weighted by Crippen LogP contribution is -2.05. The first-order chi connectivity index (χ1) is 14.6. The Labute approximate surface area is 175 Å². The molecule has 7 heteroatoms. The second kappa shape index (κ2) is 8.82. The van der Waals surface area contributed by atoms with Crippen molar-refractivity contribution in [1.29, 1.82) is 0 Å². The van der Waals surface area contributed by atoms with Crippen LogP contribution < -0.4 is 9.47 Å². The van der Waals surface area contributed by atoms with Gasteiger partial charge in [0, 0.05) is 24.2 Å². The van der Waals surface area contributed by atoms with Crippen LogP contribution in [0.4, 0.5) is 0 Å². The van der Waals surface area contributed by atoms with Gasteiger partial charge in [-0.3, -0.25) is 4.68 Å². The van der Waals surface area contributed by atoms with Crippen LogP contribution in [0, 0.1) is 13.8 Å². The van der Waals surface area contributed by atoms with Gasteiger partial charge < -0.3 is 13.9 Å². The molecule has 7 nitrogen and oxygen atoms in total. The lowest BCUT2D eigenvalue weighted by atomic mass is 10.1. The topological polar surface area (TPSA) is 75.2 Å². The summed E-state index contributed by atoms with van der Waals surface area (Å²) in [5, 5.41) is 12.8. The zero-order chi connectivity index (χ0) is 20.9. The van der Waals surface area contributed by atoms with Crippen molar-refractivity contribution in [2.75, 3.05) is 7.11 Å². The summed E-state index contributed by atoms with van der Waals surface area (Å²) in [4.78, 5) is 0. The number of hydrogen-bond donors (Lipinski definition) is 0. The average molecular weight is 404 g/mol. The lowest BCUT2D eigenvalue weighted by molar-refractivity contribution is 0.305. The van der Waals surface area contributed by atoms with E-state index in [-0.39, 0.29) is 0 Å². The Kier molecular flexibility index (Phi) is 5.79. The van der Waals surface area contributed by atoms with Crippen LogP contribution in [0.1, 0.15) is 22.8 Å². The number of rotatable bonds is 8. The molecule has 0 unspecified atom stereocenters. The van der Waals surface area contributed by atoms with Gasteiger partial charge in [0.1, 0.15) is 18.1 Å². The van der Waals surface area contributed by atoms with Crippen LogP contribution in [0.15, 0.2) is 59.0 Å². The van der Waals surface area contributed by atoms with E-state index in [0.29, 0.717) is 31.4 Å². The summed E-state index contributed by atoms with van der Waals surface area (Å²) < 4.78 is 18.7. The molecule has 4 rings (SSSR count). The van der Waals surface area contributed by atoms with Crippen molar-refractivity contribution in [3.05, 3.63) is 77.4 Å². The van der Waals surface area contributed by atoms with Crippen LogP contribution in [-0.2, 0) is 19.6 Å². The molecule has 154 valence electrons. The molecule has 0 aliphatic carbocycles. The third-order valence-corrected chi connectivity index (χ3v) is 4.77. The first-order valence-corrected chi connectivity index (χ1v) is 9.80. The normalized spacial score (nSPS) is 10.9. The number of aryl methyl sites for hydroxylation is 4. The molecule has 0 aliphatic rings. The third kappa shape index (κ3) is 4.68. The highest BCUT2D eigenvalue weighted by atomic mass is 16.5. The molecular formula is C23H24N4O3. The smallest absolute Gasteiger partial charge is 0.247 e. The number of methoxy groups -OCH3 is 1. The number of hydrogen-bond acceptors (Lipinski definition) is 6. The van der Waals surface area contributed by atoms with E-state index in [1.165, 1.54) is 0 Å². The lowest BCUT2D eigenvalue weighted by Gasteiger charge is -2.07. The molecule has 4 aromatic rings. The van der Waals surface area contributed by atoms with E-state index in [0.717, 1.165) is 34.0 Å². The number of ether oxygens (including phenoxy) is 2. The molecule has 2 aromatic carbocycles. The second-order valence-electron chi connectivity index (χ2n) is 7.06. The monoisotopic (exact) mass is 404 g/mol. The molecule has 0 amide bonds. The predicted octanol–water partition coefficient (Wildman–Crippen LogP) is 4.38. The Hall–Kier alpha value is -3.61. The number of aromatic nitrogens is 4. The average Bonchev–Trinajstić information content (AvgIpc) is 3.37. The molecule has 0 fully saturated rings. The SMILES string of the molecule is COc1ccc(OCc2ccc(-c3nnc(CCn4nc(C)cc4C)o3)cc2)cc1. The summed E-state index contributed by atoms with van der Waals surface area (Å²) in [7, 11) is 1.64. The Morgan fingerprint density at radius 1 is 0.933 bits per heavy atom. The largest absolute Gasteiger partial charge is 0.497 e. The van der Waals surface area contributed by atoms with Crippen LogP contribution in [0.25, 0.3) is 11.5 Å². The van der Waals surface area contributed by atoms with Gasteiger partial charge in [0.2, 0.25) is 11.8 Å². The summed E-state index contributed by atoms with van der Waals surface area (Å²) in [6.45, 7) is 5.21. The molecule has 2 heterocycles. The fourth-order valence-electron chi connectivity index (χ4n) is 3.16. The van der Waals surface area contributed by atoms with E-state index >= 15 is 0 Å². The van der Waals surface area contributed by atoms with Crippen molar-refractivity contribution in [2.24, 2.45) is 0 Å². The Balaban J connectivity index is 1.34. The highest BCUT2D eigenvalue weighted by molar-refractivity contribution is 5.53. The Morgan fingerprint density at radius 2 is 1.67 bits per heavy atom. The van der Waals surface area contributed by atoms with Crippen LogP contribution in [-0.4, -0.2) is 27.1 Å². The summed E-state index contributed by atoms with van der Waals surface area (Å²) in [6.07, 6.45) is 0.642. The maximum absolute atomic E-state index is 5.82. The van der Waals surface area contributed by atoms with Gasteiger partial charge in [0.15, 0.2) is 0 Å². The number of benzene rings is 2. The third-order valence-electron chi connectivity index (χ3n) is 4.77. The van der Waals surface area contributed by atoms with E-state index < -0.39 is 0 Å². The zero-order valence-corrected chi connectivity index (χ0v) is 17.3. The maximum Gasteiger partial charge on any atom is 0.247 e. The second-order valence-corrected chi connectivity index (χ2v) is 7.06. The van der Waals surface area contributed by atoms with Crippen LogP contribution >= 0.6 is 0 Å². The minimum atomic E-state index is 0.477. The van der Waals surface area contributed by atoms with E-state index in [1.54, 1.807) is 7.11 Å². The quantitative estimate of drug-likeness (QED) is 0.434. The van der Waals surface area contributed by atoms with Crippen molar-refractivity contribution in [1.82, 2.24) is 20.0 Å². The highest BCUT2D eigenvalue weighted by Gasteiger charge is 2.10. The molecule has 0 radical (unpaired) electrons. The van der Waals surface area contributed by atoms with E-state index in [9.17, 15) is 0 Å². The molecule has 2 aromatic heterocycles. The standard InChI is InChI=1S/C23H24N4O3/c1-16-14-17(2)27(26-16)13-12-22-24-25-23(30-22)19-6-4-18(5-7-19)15-29-21-10-8-20(28-3)9-11-21/h4-11,14H,12-13,15H2,1-3H3. The van der Waals surface area contributed by atoms with Crippen molar-refractivity contribution in [3.8, 4) is 23.0 Å². The molecule has 0 aliphatic heterocycles. The van der Waals surface area contributed by atoms with Crippen LogP contribution in [0.5, 0.6) is 11.5 Å². The van der Waals surface area contributed by atoms with Crippen LogP contribution in [0.2, 0.25) is 0 Å². The van der Waals surface area contributed by atoms with E-state index in [1.807, 2.05) is 67.1 Å². The highest BCUT2D eigenvalue weighted by Crippen LogP contribution is 2.21. The Bertz CT molecular complexity index is 1100. The molecular weight excluding hydrogens is 380 g/mol. The van der Waals surface area contributed by atoms with Gasteiger partial charge in [-0.1, -0.05) is 12.1 Å². The molecule has 0 N–H and O–H groups in total. The van der Waals surface area contributed by atoms with Crippen LogP contribution in [0.3, 0.4) is 0 Å². The molecule has 0 bridgehead atoms. The van der Waals surface area contributed by atoms with E-state index in [4.69, 9.17) is 13.9 Å². The minimum absolute atomic E-state index is 0.477. The van der Waals surface area contributed by atoms with Crippen molar-refractivity contribution < 1.29 is 13.9 Å². The van der Waals surface area contributed by atoms with Crippen molar-refractivity contribution in [3.63, 3.8) is 0 Å². The van der Waals surface area contributed by atoms with Crippen molar-refractivity contribution in [2.45, 2.75) is 33.4 Å². The summed E-state index contributed by atoms with van der Waals surface area (Å²) in [6, 6.07) is 17.5. The van der Waals surface area contributed by atoms with Gasteiger partial charge in [-0.05, 0) is 61.9 Å². The molecule has 30 heavy (non-hydrogen) atoms. The summed E-state index contributed by atoms with van der Waals surface area (Å²) >= 11 is 0. The van der Waals surface area contributed by atoms with Gasteiger partial charge in [-0.15, -0.1) is 10.2 Å². The maximum atomic E-state index is 5.82. The van der Waals surface area contributed by atoms with Gasteiger partial charge in [-0.2, -0.15) is 5.10 Å². The fraction of sp³-hybridized carbons (Fsp3) is 0.261. The molecule has 0 saturated carbocycles. The Morgan fingerprint density at radius 3 is 2.33 bits per heavy atom. The first kappa shape index (κ1) is 19.7. The zero-order valence-electron chi connectivity index (χ0n) is 17.3. The fourth-order valence-corrected chi connectivity index (χ4v) is 3.16. The minimum Gasteiger partial charge on any atom is -0.497 e. The molecule has 0 atom stereocenters. The van der Waals surface area contributed by atoms with Gasteiger partial charge in [0.25, 0.3) is 0 Å². The molecule has 0 spiro atoms. The summed E-state index contributed by atoms with van der Waals surface area (Å²) in [5.74, 6) is 2.72. The predicted molar refractivity (Wildman–Crippen MR) is 112 cm³/mol. The first-order valence-electron chi connectivity index (χ1n) is 9.80. The van der Waals surface area contributed by atoms with Crippen molar-refractivity contribution >= 4 is 0 Å².